The Labute approximate surface area is 201 Å². The molecule has 5 rings (SSSR count). The molecule has 2 atom stereocenters. The summed E-state index contributed by atoms with van der Waals surface area (Å²) in [5.74, 6) is -0.974. The second-order valence-corrected chi connectivity index (χ2v) is 8.68. The largest absolute Gasteiger partial charge is 0.378 e. The molecule has 4 amide bonds. The van der Waals surface area contributed by atoms with E-state index < -0.39 is 6.04 Å². The standard InChI is InChI=1S/C25H25N5O5/c31-22(29-9-11-35-12-10-29)4-2-16-1-3-20-19(13-16)25(34)30-15-18(14-21(30)24(33)28-20)27-23(32)17-5-7-26-8-6-17/h1-8,13,18,21H,9-12,14-15H2,(H,27,32)(H,28,33)/t18-,21-/m0/s1. The number of ether oxygens (including phenoxy) is 1. The Morgan fingerprint density at radius 2 is 1.89 bits per heavy atom. The molecular weight excluding hydrogens is 450 g/mol. The van der Waals surface area contributed by atoms with Crippen LogP contribution in [0, 0.1) is 0 Å². The molecule has 0 bridgehead atoms. The van der Waals surface area contributed by atoms with Gasteiger partial charge >= 0.3 is 0 Å². The molecule has 0 radical (unpaired) electrons. The van der Waals surface area contributed by atoms with Gasteiger partial charge in [0.2, 0.25) is 11.8 Å². The van der Waals surface area contributed by atoms with Crippen LogP contribution >= 0.6 is 0 Å². The van der Waals surface area contributed by atoms with Gasteiger partial charge in [-0.05, 0) is 42.3 Å². The normalized spacial score (nSPS) is 21.8. The highest BCUT2D eigenvalue weighted by atomic mass is 16.5. The molecule has 3 aliphatic rings. The molecule has 2 saturated heterocycles. The summed E-state index contributed by atoms with van der Waals surface area (Å²) in [6.45, 7) is 2.37. The van der Waals surface area contributed by atoms with E-state index >= 15 is 0 Å². The third kappa shape index (κ3) is 4.78. The Morgan fingerprint density at radius 3 is 2.66 bits per heavy atom. The molecule has 2 N–H and O–H groups in total. The lowest BCUT2D eigenvalue weighted by Gasteiger charge is -2.25. The molecule has 0 unspecified atom stereocenters. The van der Waals surface area contributed by atoms with Crippen molar-refractivity contribution in [2.45, 2.75) is 18.5 Å². The number of hydrogen-bond donors (Lipinski definition) is 2. The predicted molar refractivity (Wildman–Crippen MR) is 126 cm³/mol. The van der Waals surface area contributed by atoms with Crippen LogP contribution in [0.4, 0.5) is 5.69 Å². The monoisotopic (exact) mass is 475 g/mol. The average Bonchev–Trinajstić information content (AvgIpc) is 3.28. The summed E-state index contributed by atoms with van der Waals surface area (Å²) in [6, 6.07) is 7.28. The molecule has 1 aromatic carbocycles. The summed E-state index contributed by atoms with van der Waals surface area (Å²) in [5, 5.41) is 5.75. The minimum Gasteiger partial charge on any atom is -0.378 e. The zero-order chi connectivity index (χ0) is 24.4. The summed E-state index contributed by atoms with van der Waals surface area (Å²) < 4.78 is 5.27. The third-order valence-electron chi connectivity index (χ3n) is 6.42. The zero-order valence-electron chi connectivity index (χ0n) is 19.0. The van der Waals surface area contributed by atoms with Crippen LogP contribution in [-0.2, 0) is 14.3 Å². The fourth-order valence-electron chi connectivity index (χ4n) is 4.56. The van der Waals surface area contributed by atoms with E-state index in [1.54, 1.807) is 41.3 Å². The minimum atomic E-state index is -0.681. The van der Waals surface area contributed by atoms with Crippen molar-refractivity contribution in [3.05, 3.63) is 65.5 Å². The highest BCUT2D eigenvalue weighted by Crippen LogP contribution is 2.30. The van der Waals surface area contributed by atoms with Crippen molar-refractivity contribution in [1.29, 1.82) is 0 Å². The van der Waals surface area contributed by atoms with E-state index in [2.05, 4.69) is 15.6 Å². The average molecular weight is 476 g/mol. The van der Waals surface area contributed by atoms with Gasteiger partial charge in [-0.1, -0.05) is 6.07 Å². The van der Waals surface area contributed by atoms with Gasteiger partial charge in [-0.3, -0.25) is 24.2 Å². The molecule has 10 nitrogen and oxygen atoms in total. The number of carbonyl (C=O) groups excluding carboxylic acids is 4. The number of carbonyl (C=O) groups is 4. The molecule has 180 valence electrons. The smallest absolute Gasteiger partial charge is 0.256 e. The number of fused-ring (bicyclic) bond motifs is 2. The van der Waals surface area contributed by atoms with Crippen LogP contribution in [0.3, 0.4) is 0 Å². The van der Waals surface area contributed by atoms with Gasteiger partial charge in [-0.2, -0.15) is 0 Å². The van der Waals surface area contributed by atoms with Gasteiger partial charge in [-0.25, -0.2) is 0 Å². The Balaban J connectivity index is 1.31. The Bertz CT molecular complexity index is 1190. The van der Waals surface area contributed by atoms with Crippen LogP contribution in [-0.4, -0.2) is 83.3 Å². The van der Waals surface area contributed by atoms with Gasteiger partial charge in [0.25, 0.3) is 11.8 Å². The first kappa shape index (κ1) is 22.7. The second kappa shape index (κ2) is 9.67. The third-order valence-corrected chi connectivity index (χ3v) is 6.42. The highest BCUT2D eigenvalue weighted by Gasteiger charge is 2.43. The van der Waals surface area contributed by atoms with Crippen molar-refractivity contribution < 1.29 is 23.9 Å². The number of aromatic nitrogens is 1. The van der Waals surface area contributed by atoms with Crippen LogP contribution < -0.4 is 10.6 Å². The lowest BCUT2D eigenvalue weighted by Crippen LogP contribution is -2.41. The number of nitrogens with zero attached hydrogens (tertiary/aromatic N) is 3. The van der Waals surface area contributed by atoms with Crippen LogP contribution in [0.1, 0.15) is 32.7 Å². The first-order chi connectivity index (χ1) is 17.0. The van der Waals surface area contributed by atoms with Gasteiger partial charge in [0, 0.05) is 49.7 Å². The number of pyridine rings is 1. The molecule has 35 heavy (non-hydrogen) atoms. The molecule has 0 aliphatic carbocycles. The SMILES string of the molecule is O=C(N[C@H]1C[C@H]2C(=O)Nc3ccc(C=CC(=O)N4CCOCC4)cc3C(=O)N2C1)c1ccncc1. The van der Waals surface area contributed by atoms with E-state index in [4.69, 9.17) is 4.74 Å². The Hall–Kier alpha value is -4.05. The number of morpholine rings is 1. The van der Waals surface area contributed by atoms with Gasteiger partial charge in [0.1, 0.15) is 6.04 Å². The van der Waals surface area contributed by atoms with E-state index in [0.29, 0.717) is 55.1 Å². The van der Waals surface area contributed by atoms with Gasteiger partial charge in [-0.15, -0.1) is 0 Å². The maximum absolute atomic E-state index is 13.4. The second-order valence-electron chi connectivity index (χ2n) is 8.68. The van der Waals surface area contributed by atoms with Crippen molar-refractivity contribution in [2.24, 2.45) is 0 Å². The number of benzene rings is 1. The fraction of sp³-hybridized carbons (Fsp3) is 0.320. The van der Waals surface area contributed by atoms with Crippen LogP contribution in [0.2, 0.25) is 0 Å². The Kier molecular flexibility index (Phi) is 6.28. The topological polar surface area (TPSA) is 121 Å². The van der Waals surface area contributed by atoms with E-state index in [9.17, 15) is 19.2 Å². The minimum absolute atomic E-state index is 0.116. The van der Waals surface area contributed by atoms with E-state index in [1.807, 2.05) is 0 Å². The van der Waals surface area contributed by atoms with Crippen molar-refractivity contribution >= 4 is 35.4 Å². The number of nitrogens with one attached hydrogen (secondary N) is 2. The quantitative estimate of drug-likeness (QED) is 0.635. The number of amides is 4. The fourth-order valence-corrected chi connectivity index (χ4v) is 4.56. The lowest BCUT2D eigenvalue weighted by molar-refractivity contribution is -0.129. The molecule has 0 spiro atoms. The summed E-state index contributed by atoms with van der Waals surface area (Å²) in [7, 11) is 0. The maximum Gasteiger partial charge on any atom is 0.256 e. The van der Waals surface area contributed by atoms with Crippen LogP contribution in [0.25, 0.3) is 6.08 Å². The van der Waals surface area contributed by atoms with Crippen molar-refractivity contribution in [1.82, 2.24) is 20.1 Å². The number of hydrogen-bond acceptors (Lipinski definition) is 6. The maximum atomic E-state index is 13.4. The summed E-state index contributed by atoms with van der Waals surface area (Å²) >= 11 is 0. The lowest BCUT2D eigenvalue weighted by atomic mass is 10.1. The van der Waals surface area contributed by atoms with Crippen LogP contribution in [0.5, 0.6) is 0 Å². The molecule has 10 heteroatoms. The van der Waals surface area contributed by atoms with Gasteiger partial charge in [0.15, 0.2) is 0 Å². The van der Waals surface area contributed by atoms with Gasteiger partial charge in [0.05, 0.1) is 24.5 Å². The first-order valence-electron chi connectivity index (χ1n) is 11.5. The van der Waals surface area contributed by atoms with Crippen molar-refractivity contribution in [3.8, 4) is 0 Å². The van der Waals surface area contributed by atoms with E-state index in [-0.39, 0.29) is 36.2 Å². The van der Waals surface area contributed by atoms with E-state index in [0.717, 1.165) is 0 Å². The van der Waals surface area contributed by atoms with Gasteiger partial charge < -0.3 is 25.2 Å². The summed E-state index contributed by atoms with van der Waals surface area (Å²) in [6.07, 6.45) is 6.54. The highest BCUT2D eigenvalue weighted by molar-refractivity contribution is 6.10. The summed E-state index contributed by atoms with van der Waals surface area (Å²) in [4.78, 5) is 58.4. The molecule has 4 heterocycles. The Morgan fingerprint density at radius 1 is 1.11 bits per heavy atom. The number of anilines is 1. The predicted octanol–water partition coefficient (Wildman–Crippen LogP) is 0.919. The zero-order valence-corrected chi connectivity index (χ0v) is 19.0. The van der Waals surface area contributed by atoms with Crippen LogP contribution in [0.15, 0.2) is 48.8 Å². The molecule has 3 aliphatic heterocycles. The molecule has 0 saturated carbocycles. The van der Waals surface area contributed by atoms with Crippen molar-refractivity contribution in [2.75, 3.05) is 38.2 Å². The molecule has 2 fully saturated rings. The van der Waals surface area contributed by atoms with E-state index in [1.165, 1.54) is 23.4 Å². The summed E-state index contributed by atoms with van der Waals surface area (Å²) in [5.41, 5.74) is 1.92. The van der Waals surface area contributed by atoms with Crippen molar-refractivity contribution in [3.63, 3.8) is 0 Å². The molecule has 2 aromatic rings. The first-order valence-corrected chi connectivity index (χ1v) is 11.5. The number of rotatable bonds is 4. The molecule has 1 aromatic heterocycles. The molecular formula is C25H25N5O5.